The van der Waals surface area contributed by atoms with Crippen molar-refractivity contribution >= 4 is 11.8 Å². The predicted octanol–water partition coefficient (Wildman–Crippen LogP) is 0.544. The smallest absolute Gasteiger partial charge is 0.305 e. The fourth-order valence-electron chi connectivity index (χ4n) is 0.838. The van der Waals surface area contributed by atoms with Gasteiger partial charge in [-0.15, -0.1) is 0 Å². The minimum Gasteiger partial charge on any atom is -0.469 e. The van der Waals surface area contributed by atoms with Crippen LogP contribution in [0.5, 0.6) is 0 Å². The molecule has 0 amide bonds. The number of rotatable bonds is 5. The van der Waals surface area contributed by atoms with E-state index in [0.29, 0.717) is 6.42 Å². The van der Waals surface area contributed by atoms with Gasteiger partial charge in [-0.1, -0.05) is 0 Å². The van der Waals surface area contributed by atoms with Crippen LogP contribution in [0.4, 0.5) is 0 Å². The lowest BCUT2D eigenvalue weighted by molar-refractivity contribution is -0.141. The first-order valence-electron chi connectivity index (χ1n) is 3.72. The SMILES string of the molecule is COC(=O)CCC(OC)C(C)=O. The molecular weight excluding hydrogens is 160 g/mol. The second kappa shape index (κ2) is 5.71. The van der Waals surface area contributed by atoms with E-state index in [4.69, 9.17) is 4.74 Å². The first-order chi connectivity index (χ1) is 5.61. The van der Waals surface area contributed by atoms with Crippen LogP contribution in [0.3, 0.4) is 0 Å². The Hall–Kier alpha value is -0.900. The summed E-state index contributed by atoms with van der Waals surface area (Å²) in [5.74, 6) is -0.389. The number of Topliss-reactive ketones (excluding diaryl/α,β-unsaturated/α-hetero) is 1. The maximum absolute atomic E-state index is 10.8. The van der Waals surface area contributed by atoms with Gasteiger partial charge in [0, 0.05) is 13.5 Å². The Balaban J connectivity index is 3.73. The zero-order chi connectivity index (χ0) is 9.56. The monoisotopic (exact) mass is 174 g/mol. The molecule has 0 aromatic rings. The number of ether oxygens (including phenoxy) is 2. The van der Waals surface area contributed by atoms with Crippen molar-refractivity contribution in [3.8, 4) is 0 Å². The topological polar surface area (TPSA) is 52.6 Å². The number of hydrogen-bond donors (Lipinski definition) is 0. The van der Waals surface area contributed by atoms with Gasteiger partial charge in [-0.3, -0.25) is 9.59 Å². The molecule has 0 saturated carbocycles. The lowest BCUT2D eigenvalue weighted by Gasteiger charge is -2.09. The molecule has 0 aliphatic heterocycles. The van der Waals surface area contributed by atoms with Crippen LogP contribution in [-0.2, 0) is 19.1 Å². The van der Waals surface area contributed by atoms with E-state index in [1.54, 1.807) is 0 Å². The van der Waals surface area contributed by atoms with Crippen molar-refractivity contribution in [2.45, 2.75) is 25.9 Å². The van der Waals surface area contributed by atoms with Crippen LogP contribution in [0.25, 0.3) is 0 Å². The van der Waals surface area contributed by atoms with Gasteiger partial charge >= 0.3 is 5.97 Å². The minimum absolute atomic E-state index is 0.0681. The van der Waals surface area contributed by atoms with Crippen LogP contribution in [0.2, 0.25) is 0 Å². The summed E-state index contributed by atoms with van der Waals surface area (Å²) in [5, 5.41) is 0. The predicted molar refractivity (Wildman–Crippen MR) is 42.7 cm³/mol. The molecule has 0 aromatic heterocycles. The van der Waals surface area contributed by atoms with Crippen LogP contribution < -0.4 is 0 Å². The zero-order valence-electron chi connectivity index (χ0n) is 7.62. The highest BCUT2D eigenvalue weighted by Crippen LogP contribution is 2.03. The van der Waals surface area contributed by atoms with Gasteiger partial charge in [0.05, 0.1) is 7.11 Å². The number of methoxy groups -OCH3 is 2. The van der Waals surface area contributed by atoms with Gasteiger partial charge in [-0.05, 0) is 13.3 Å². The average molecular weight is 174 g/mol. The van der Waals surface area contributed by atoms with Gasteiger partial charge in [-0.25, -0.2) is 0 Å². The average Bonchev–Trinajstić information content (AvgIpc) is 2.04. The van der Waals surface area contributed by atoms with Crippen LogP contribution in [-0.4, -0.2) is 32.1 Å². The first kappa shape index (κ1) is 11.1. The molecule has 70 valence electrons. The summed E-state index contributed by atoms with van der Waals surface area (Å²) in [6.45, 7) is 1.44. The van der Waals surface area contributed by atoms with Gasteiger partial charge < -0.3 is 9.47 Å². The van der Waals surface area contributed by atoms with Crippen LogP contribution >= 0.6 is 0 Å². The summed E-state index contributed by atoms with van der Waals surface area (Å²) in [6.07, 6.45) is 0.122. The Labute approximate surface area is 71.8 Å². The highest BCUT2D eigenvalue weighted by Gasteiger charge is 2.14. The van der Waals surface area contributed by atoms with Crippen molar-refractivity contribution in [2.24, 2.45) is 0 Å². The third kappa shape index (κ3) is 4.08. The lowest BCUT2D eigenvalue weighted by atomic mass is 10.1. The number of hydrogen-bond acceptors (Lipinski definition) is 4. The Bertz CT molecular complexity index is 164. The molecule has 1 atom stereocenters. The van der Waals surface area contributed by atoms with Gasteiger partial charge in [0.1, 0.15) is 6.10 Å². The second-order valence-corrected chi connectivity index (χ2v) is 2.45. The van der Waals surface area contributed by atoms with E-state index >= 15 is 0 Å². The number of carbonyl (C=O) groups is 2. The maximum atomic E-state index is 10.8. The largest absolute Gasteiger partial charge is 0.469 e. The summed E-state index contributed by atoms with van der Waals surface area (Å²) in [5.41, 5.74) is 0. The zero-order valence-corrected chi connectivity index (χ0v) is 7.62. The molecule has 4 nitrogen and oxygen atoms in total. The molecule has 12 heavy (non-hydrogen) atoms. The highest BCUT2D eigenvalue weighted by molar-refractivity contribution is 5.81. The molecule has 0 radical (unpaired) electrons. The second-order valence-electron chi connectivity index (χ2n) is 2.45. The molecule has 0 aliphatic carbocycles. The van der Waals surface area contributed by atoms with Crippen LogP contribution in [0.15, 0.2) is 0 Å². The Morgan fingerprint density at radius 1 is 1.33 bits per heavy atom. The Morgan fingerprint density at radius 2 is 1.92 bits per heavy atom. The molecule has 0 rings (SSSR count). The van der Waals surface area contributed by atoms with Gasteiger partial charge in [0.25, 0.3) is 0 Å². The molecular formula is C8H14O4. The van der Waals surface area contributed by atoms with E-state index in [-0.39, 0.29) is 18.2 Å². The molecule has 0 aliphatic rings. The van der Waals surface area contributed by atoms with Crippen molar-refractivity contribution in [1.82, 2.24) is 0 Å². The molecule has 1 unspecified atom stereocenters. The maximum Gasteiger partial charge on any atom is 0.305 e. The molecule has 0 spiro atoms. The van der Waals surface area contributed by atoms with E-state index in [2.05, 4.69) is 4.74 Å². The van der Waals surface area contributed by atoms with E-state index in [0.717, 1.165) is 0 Å². The van der Waals surface area contributed by atoms with E-state index in [1.807, 2.05) is 0 Å². The van der Waals surface area contributed by atoms with Crippen molar-refractivity contribution < 1.29 is 19.1 Å². The number of ketones is 1. The van der Waals surface area contributed by atoms with Crippen LogP contribution in [0.1, 0.15) is 19.8 Å². The van der Waals surface area contributed by atoms with Crippen molar-refractivity contribution in [1.29, 1.82) is 0 Å². The molecule has 0 fully saturated rings. The van der Waals surface area contributed by atoms with E-state index in [9.17, 15) is 9.59 Å². The summed E-state index contributed by atoms with van der Waals surface area (Å²) in [7, 11) is 2.77. The van der Waals surface area contributed by atoms with Crippen molar-refractivity contribution in [3.05, 3.63) is 0 Å². The standard InChI is InChI=1S/C8H14O4/c1-6(9)7(11-2)4-5-8(10)12-3/h7H,4-5H2,1-3H3. The molecule has 4 heteroatoms. The summed E-state index contributed by atoms with van der Waals surface area (Å²) in [6, 6.07) is 0. The van der Waals surface area contributed by atoms with Gasteiger partial charge in [-0.2, -0.15) is 0 Å². The Kier molecular flexibility index (Phi) is 5.28. The van der Waals surface area contributed by atoms with Gasteiger partial charge in [0.15, 0.2) is 5.78 Å². The number of esters is 1. The molecule has 0 aromatic carbocycles. The lowest BCUT2D eigenvalue weighted by Crippen LogP contribution is -2.21. The minimum atomic E-state index is -0.482. The normalized spacial score (nSPS) is 12.2. The Morgan fingerprint density at radius 3 is 2.25 bits per heavy atom. The molecule has 0 bridgehead atoms. The van der Waals surface area contributed by atoms with Crippen molar-refractivity contribution in [3.63, 3.8) is 0 Å². The quantitative estimate of drug-likeness (QED) is 0.571. The number of carbonyl (C=O) groups excluding carboxylic acids is 2. The fourth-order valence-corrected chi connectivity index (χ4v) is 0.838. The van der Waals surface area contributed by atoms with E-state index < -0.39 is 6.10 Å². The highest BCUT2D eigenvalue weighted by atomic mass is 16.5. The van der Waals surface area contributed by atoms with Crippen molar-refractivity contribution in [2.75, 3.05) is 14.2 Å². The summed E-state index contributed by atoms with van der Waals surface area (Å²) < 4.78 is 9.27. The van der Waals surface area contributed by atoms with Gasteiger partial charge in [0.2, 0.25) is 0 Å². The molecule has 0 saturated heterocycles. The summed E-state index contributed by atoms with van der Waals surface area (Å²) in [4.78, 5) is 21.5. The third-order valence-corrected chi connectivity index (χ3v) is 1.58. The fraction of sp³-hybridized carbons (Fsp3) is 0.750. The summed E-state index contributed by atoms with van der Waals surface area (Å²) >= 11 is 0. The van der Waals surface area contributed by atoms with Crippen LogP contribution in [0, 0.1) is 0 Å². The third-order valence-electron chi connectivity index (χ3n) is 1.58. The molecule has 0 N–H and O–H groups in total. The van der Waals surface area contributed by atoms with E-state index in [1.165, 1.54) is 21.1 Å². The first-order valence-corrected chi connectivity index (χ1v) is 3.72. The molecule has 0 heterocycles.